The van der Waals surface area contributed by atoms with Gasteiger partial charge in [-0.05, 0) is 40.4 Å². The maximum atomic E-state index is 12.1. The van der Waals surface area contributed by atoms with Crippen molar-refractivity contribution in [2.45, 2.75) is 11.1 Å². The summed E-state index contributed by atoms with van der Waals surface area (Å²) in [5.74, 6) is 0. The Kier molecular flexibility index (Phi) is 4.11. The summed E-state index contributed by atoms with van der Waals surface area (Å²) in [6, 6.07) is 5.81. The quantitative estimate of drug-likeness (QED) is 0.652. The van der Waals surface area contributed by atoms with Gasteiger partial charge in [-0.2, -0.15) is 0 Å². The molecule has 0 aliphatic rings. The Hall–Kier alpha value is -1.45. The van der Waals surface area contributed by atoms with Gasteiger partial charge < -0.3 is 0 Å². The summed E-state index contributed by atoms with van der Waals surface area (Å²) in [7, 11) is -3.76. The van der Waals surface area contributed by atoms with E-state index in [4.69, 9.17) is 0 Å². The summed E-state index contributed by atoms with van der Waals surface area (Å²) < 4.78 is 27.2. The van der Waals surface area contributed by atoms with Crippen LogP contribution in [0.5, 0.6) is 0 Å². The predicted molar refractivity (Wildman–Crippen MR) is 80.7 cm³/mol. The number of sulfonamides is 1. The molecule has 20 heavy (non-hydrogen) atoms. The third-order valence-corrected chi connectivity index (χ3v) is 6.54. The summed E-state index contributed by atoms with van der Waals surface area (Å²) in [5.41, 5.74) is 0.494. The fourth-order valence-corrected chi connectivity index (χ4v) is 4.93. The van der Waals surface area contributed by atoms with Crippen molar-refractivity contribution in [1.82, 2.24) is 0 Å². The molecule has 0 bridgehead atoms. The van der Waals surface area contributed by atoms with Crippen molar-refractivity contribution in [3.8, 4) is 0 Å². The van der Waals surface area contributed by atoms with Gasteiger partial charge >= 0.3 is 0 Å². The van der Waals surface area contributed by atoms with Gasteiger partial charge in [0.25, 0.3) is 15.7 Å². The van der Waals surface area contributed by atoms with Gasteiger partial charge in [0.2, 0.25) is 0 Å². The number of anilines is 1. The van der Waals surface area contributed by atoms with E-state index in [1.807, 2.05) is 0 Å². The molecule has 0 aliphatic heterocycles. The summed E-state index contributed by atoms with van der Waals surface area (Å²) in [6.07, 6.45) is 0. The van der Waals surface area contributed by atoms with Crippen LogP contribution in [0.2, 0.25) is 0 Å². The Bertz CT molecular complexity index is 770. The van der Waals surface area contributed by atoms with Crippen LogP contribution in [-0.4, -0.2) is 13.3 Å². The van der Waals surface area contributed by atoms with Gasteiger partial charge in [0.15, 0.2) is 4.21 Å². The molecule has 0 aliphatic carbocycles. The molecule has 1 aromatic heterocycles. The normalized spacial score (nSPS) is 11.3. The predicted octanol–water partition coefficient (Wildman–Crippen LogP) is 3.53. The van der Waals surface area contributed by atoms with Crippen molar-refractivity contribution in [2.75, 3.05) is 4.72 Å². The van der Waals surface area contributed by atoms with Crippen LogP contribution in [0.1, 0.15) is 5.56 Å². The third-order valence-electron chi connectivity index (χ3n) is 2.49. The highest BCUT2D eigenvalue weighted by Gasteiger charge is 2.20. The lowest BCUT2D eigenvalue weighted by atomic mass is 10.2. The summed E-state index contributed by atoms with van der Waals surface area (Å²) in [4.78, 5) is 10.3. The van der Waals surface area contributed by atoms with Crippen molar-refractivity contribution in [2.24, 2.45) is 0 Å². The highest BCUT2D eigenvalue weighted by Crippen LogP contribution is 2.30. The van der Waals surface area contributed by atoms with E-state index >= 15 is 0 Å². The molecular formula is C11H9BrN2O4S2. The summed E-state index contributed by atoms with van der Waals surface area (Å²) in [5, 5.41) is 12.5. The second-order valence-electron chi connectivity index (χ2n) is 3.92. The van der Waals surface area contributed by atoms with E-state index in [0.29, 0.717) is 10.0 Å². The van der Waals surface area contributed by atoms with Gasteiger partial charge in [-0.25, -0.2) is 8.42 Å². The number of nitrogens with one attached hydrogen (secondary N) is 1. The number of hydrogen-bond donors (Lipinski definition) is 1. The first kappa shape index (κ1) is 14.9. The second kappa shape index (κ2) is 5.51. The molecule has 106 valence electrons. The smallest absolute Gasteiger partial charge is 0.274 e. The van der Waals surface area contributed by atoms with Gasteiger partial charge in [0.05, 0.1) is 10.6 Å². The van der Waals surface area contributed by atoms with Crippen LogP contribution in [0.25, 0.3) is 0 Å². The molecule has 0 fully saturated rings. The molecule has 0 unspecified atom stereocenters. The lowest BCUT2D eigenvalue weighted by molar-refractivity contribution is -0.385. The Balaban J connectivity index is 2.38. The number of benzene rings is 1. The molecule has 0 saturated carbocycles. The SMILES string of the molecule is Cc1ccc(NS(=O)(=O)c2sccc2Br)cc1[N+](=O)[O-]. The molecule has 6 nitrogen and oxygen atoms in total. The van der Waals surface area contributed by atoms with Crippen LogP contribution in [0.4, 0.5) is 11.4 Å². The molecule has 0 radical (unpaired) electrons. The van der Waals surface area contributed by atoms with Crippen molar-refractivity contribution < 1.29 is 13.3 Å². The van der Waals surface area contributed by atoms with Crippen molar-refractivity contribution in [3.63, 3.8) is 0 Å². The highest BCUT2D eigenvalue weighted by atomic mass is 79.9. The summed E-state index contributed by atoms with van der Waals surface area (Å²) >= 11 is 4.21. The van der Waals surface area contributed by atoms with Gasteiger partial charge in [-0.1, -0.05) is 6.07 Å². The van der Waals surface area contributed by atoms with E-state index in [2.05, 4.69) is 20.7 Å². The van der Waals surface area contributed by atoms with Gasteiger partial charge in [0.1, 0.15) is 0 Å². The number of nitro benzene ring substituents is 1. The Morgan fingerprint density at radius 2 is 2.05 bits per heavy atom. The maximum absolute atomic E-state index is 12.1. The number of nitrogens with zero attached hydrogens (tertiary/aromatic N) is 1. The Labute approximate surface area is 127 Å². The van der Waals surface area contributed by atoms with Gasteiger partial charge in [-0.3, -0.25) is 14.8 Å². The Morgan fingerprint density at radius 1 is 1.35 bits per heavy atom. The minimum atomic E-state index is -3.76. The van der Waals surface area contributed by atoms with Crippen molar-refractivity contribution >= 4 is 48.7 Å². The second-order valence-corrected chi connectivity index (χ2v) is 7.57. The first-order chi connectivity index (χ1) is 9.31. The lowest BCUT2D eigenvalue weighted by Gasteiger charge is -2.07. The summed E-state index contributed by atoms with van der Waals surface area (Å²) in [6.45, 7) is 1.59. The zero-order valence-corrected chi connectivity index (χ0v) is 13.4. The van der Waals surface area contributed by atoms with E-state index in [0.717, 1.165) is 11.3 Å². The number of rotatable bonds is 4. The largest absolute Gasteiger partial charge is 0.279 e. The minimum absolute atomic E-state index is 0.126. The molecule has 0 amide bonds. The average Bonchev–Trinajstić information content (AvgIpc) is 2.78. The van der Waals surface area contributed by atoms with Crippen molar-refractivity contribution in [3.05, 3.63) is 49.8 Å². The Morgan fingerprint density at radius 3 is 2.60 bits per heavy atom. The molecule has 0 spiro atoms. The molecule has 1 aromatic carbocycles. The van der Waals surface area contributed by atoms with Crippen LogP contribution in [-0.2, 0) is 10.0 Å². The standard InChI is InChI=1S/C11H9BrN2O4S2/c1-7-2-3-8(6-10(7)14(15)16)13-20(17,18)11-9(12)4-5-19-11/h2-6,13H,1H3. The van der Waals surface area contributed by atoms with E-state index in [1.54, 1.807) is 18.4 Å². The van der Waals surface area contributed by atoms with Gasteiger partial charge in [0, 0.05) is 16.1 Å². The molecule has 2 rings (SSSR count). The van der Waals surface area contributed by atoms with Crippen LogP contribution >= 0.6 is 27.3 Å². The number of nitro groups is 1. The average molecular weight is 377 g/mol. The number of aryl methyl sites for hydroxylation is 1. The molecule has 1 N–H and O–H groups in total. The molecule has 9 heteroatoms. The molecular weight excluding hydrogens is 368 g/mol. The van der Waals surface area contributed by atoms with Crippen molar-refractivity contribution in [1.29, 1.82) is 0 Å². The van der Waals surface area contributed by atoms with Crippen LogP contribution in [0.3, 0.4) is 0 Å². The van der Waals surface area contributed by atoms with E-state index in [9.17, 15) is 18.5 Å². The van der Waals surface area contributed by atoms with E-state index in [1.165, 1.54) is 18.2 Å². The molecule has 1 heterocycles. The van der Waals surface area contributed by atoms with E-state index < -0.39 is 14.9 Å². The number of thiophene rings is 1. The first-order valence-corrected chi connectivity index (χ1v) is 8.48. The van der Waals surface area contributed by atoms with Crippen LogP contribution in [0.15, 0.2) is 38.3 Å². The fourth-order valence-electron chi connectivity index (χ4n) is 1.54. The minimum Gasteiger partial charge on any atom is -0.279 e. The monoisotopic (exact) mass is 376 g/mol. The fraction of sp³-hybridized carbons (Fsp3) is 0.0909. The molecule has 2 aromatic rings. The maximum Gasteiger partial charge on any atom is 0.274 e. The van der Waals surface area contributed by atoms with E-state index in [-0.39, 0.29) is 15.6 Å². The zero-order valence-electron chi connectivity index (χ0n) is 10.2. The highest BCUT2D eigenvalue weighted by molar-refractivity contribution is 9.10. The van der Waals surface area contributed by atoms with Crippen LogP contribution in [0, 0.1) is 17.0 Å². The number of halogens is 1. The zero-order chi connectivity index (χ0) is 14.9. The van der Waals surface area contributed by atoms with Gasteiger partial charge in [-0.15, -0.1) is 11.3 Å². The van der Waals surface area contributed by atoms with Crippen LogP contribution < -0.4 is 4.72 Å². The molecule has 0 atom stereocenters. The third kappa shape index (κ3) is 3.00. The lowest BCUT2D eigenvalue weighted by Crippen LogP contribution is -2.12. The molecule has 0 saturated heterocycles. The topological polar surface area (TPSA) is 89.3 Å². The number of hydrogen-bond acceptors (Lipinski definition) is 5. The first-order valence-electron chi connectivity index (χ1n) is 5.32.